The van der Waals surface area contributed by atoms with E-state index in [-0.39, 0.29) is 26.1 Å². The molecular weight excluding hydrogens is 691 g/mol. The fourth-order valence-electron chi connectivity index (χ4n) is 5.20. The van der Waals surface area contributed by atoms with E-state index in [1.807, 2.05) is 6.08 Å². The van der Waals surface area contributed by atoms with Gasteiger partial charge in [-0.2, -0.15) is 0 Å². The van der Waals surface area contributed by atoms with Gasteiger partial charge in [-0.05, 0) is 89.9 Å². The van der Waals surface area contributed by atoms with Gasteiger partial charge in [0.05, 0.1) is 6.61 Å². The number of rotatable bonds is 37. The molecule has 1 atom stereocenters. The van der Waals surface area contributed by atoms with Crippen molar-refractivity contribution in [2.45, 2.75) is 167 Å². The third-order valence-corrected chi connectivity index (χ3v) is 8.74. The zero-order valence-electron chi connectivity index (χ0n) is 32.8. The molecule has 0 aromatic carbocycles. The first kappa shape index (κ1) is 50.5. The Morgan fingerprint density at radius 1 is 0.528 bits per heavy atom. The maximum absolute atomic E-state index is 12.4. The third kappa shape index (κ3) is 42.1. The van der Waals surface area contributed by atoms with Gasteiger partial charge >= 0.3 is 19.8 Å². The van der Waals surface area contributed by atoms with Crippen LogP contribution < -0.4 is 0 Å². The van der Waals surface area contributed by atoms with E-state index in [1.165, 1.54) is 44.9 Å². The van der Waals surface area contributed by atoms with Crippen molar-refractivity contribution < 1.29 is 43.0 Å². The van der Waals surface area contributed by atoms with Gasteiger partial charge in [-0.3, -0.25) is 14.1 Å². The second kappa shape index (κ2) is 39.2. The smallest absolute Gasteiger partial charge is 0.462 e. The Bertz CT molecular complexity index is 1090. The number of hydrogen-bond donors (Lipinski definition) is 3. The summed E-state index contributed by atoms with van der Waals surface area (Å²) >= 11 is 0. The number of aliphatic hydroxyl groups excluding tert-OH is 1. The van der Waals surface area contributed by atoms with E-state index in [9.17, 15) is 14.2 Å². The summed E-state index contributed by atoms with van der Waals surface area (Å²) in [7, 11) is -4.78. The van der Waals surface area contributed by atoms with Crippen LogP contribution in [-0.2, 0) is 28.2 Å². The van der Waals surface area contributed by atoms with Gasteiger partial charge in [-0.15, -0.1) is 0 Å². The normalized spacial score (nSPS) is 13.2. The van der Waals surface area contributed by atoms with E-state index in [2.05, 4.69) is 78.3 Å². The maximum Gasteiger partial charge on any atom is 0.469 e. The minimum atomic E-state index is -4.78. The first-order chi connectivity index (χ1) is 25.8. The summed E-state index contributed by atoms with van der Waals surface area (Å²) in [6.45, 7) is 1.61. The molecule has 9 nitrogen and oxygen atoms in total. The van der Waals surface area contributed by atoms with Crippen molar-refractivity contribution in [2.24, 2.45) is 0 Å². The molecule has 0 amide bonds. The summed E-state index contributed by atoms with van der Waals surface area (Å²) in [5.74, 6) is -0.979. The molecular formula is C43H73O9P. The third-order valence-electron chi connectivity index (χ3n) is 8.25. The van der Waals surface area contributed by atoms with Crippen LogP contribution in [0.5, 0.6) is 0 Å². The van der Waals surface area contributed by atoms with Crippen molar-refractivity contribution in [3.63, 3.8) is 0 Å². The number of allylic oxidation sites excluding steroid dienone is 12. The summed E-state index contributed by atoms with van der Waals surface area (Å²) in [6, 6.07) is 0. The minimum absolute atomic E-state index is 0.176. The molecule has 0 aromatic rings. The van der Waals surface area contributed by atoms with E-state index < -0.39 is 32.5 Å². The van der Waals surface area contributed by atoms with Crippen molar-refractivity contribution >= 4 is 19.8 Å². The molecule has 0 saturated heterocycles. The number of esters is 2. The maximum atomic E-state index is 12.4. The summed E-state index contributed by atoms with van der Waals surface area (Å²) in [5, 5.41) is 8.77. The molecule has 0 saturated carbocycles. The first-order valence-electron chi connectivity index (χ1n) is 20.3. The molecule has 0 spiro atoms. The molecule has 0 aliphatic rings. The fourth-order valence-corrected chi connectivity index (χ4v) is 5.56. The van der Waals surface area contributed by atoms with Gasteiger partial charge in [0, 0.05) is 19.4 Å². The number of ether oxygens (including phenoxy) is 2. The topological polar surface area (TPSA) is 140 Å². The molecule has 0 fully saturated rings. The summed E-state index contributed by atoms with van der Waals surface area (Å²) in [4.78, 5) is 42.8. The summed E-state index contributed by atoms with van der Waals surface area (Å²) in [6.07, 6.45) is 47.8. The number of aliphatic hydroxyl groups is 1. The Labute approximate surface area is 322 Å². The zero-order chi connectivity index (χ0) is 38.9. The second-order valence-corrected chi connectivity index (χ2v) is 14.6. The van der Waals surface area contributed by atoms with Gasteiger partial charge in [0.2, 0.25) is 0 Å². The predicted molar refractivity (Wildman–Crippen MR) is 217 cm³/mol. The molecule has 304 valence electrons. The van der Waals surface area contributed by atoms with Crippen molar-refractivity contribution in [2.75, 3.05) is 19.8 Å². The summed E-state index contributed by atoms with van der Waals surface area (Å²) < 4.78 is 26.3. The van der Waals surface area contributed by atoms with E-state index >= 15 is 0 Å². The van der Waals surface area contributed by atoms with Gasteiger partial charge in [-0.1, -0.05) is 131 Å². The van der Waals surface area contributed by atoms with Crippen LogP contribution in [0.15, 0.2) is 72.9 Å². The molecule has 3 N–H and O–H groups in total. The lowest BCUT2D eigenvalue weighted by atomic mass is 10.1. The standard InChI is InChI=1S/C43H73O9P/c1-2-3-4-5-6-7-8-9-10-12-16-19-22-25-28-31-34-37-43(46)52-41(40-51-53(47,48)49)39-50-42(45)36-33-30-27-24-21-18-15-13-11-14-17-20-23-26-29-32-35-38-44/h6-7,9-11,14-15,18,20,23-24,27,41,44H,2-5,8,12-13,16-17,19,21-22,25-26,28-40H2,1H3,(H2,47,48,49)/b7-6-,10-9-,14-11-,18-15-,23-20-,27-24-/t41-/m1/s1. The van der Waals surface area contributed by atoms with Crippen LogP contribution in [0.2, 0.25) is 0 Å². The highest BCUT2D eigenvalue weighted by molar-refractivity contribution is 7.46. The number of unbranched alkanes of at least 4 members (excludes halogenated alkanes) is 14. The van der Waals surface area contributed by atoms with Gasteiger partial charge in [0.25, 0.3) is 0 Å². The van der Waals surface area contributed by atoms with Crippen LogP contribution in [-0.4, -0.2) is 52.8 Å². The number of carbonyl (C=O) groups excluding carboxylic acids is 2. The van der Waals surface area contributed by atoms with E-state index in [0.29, 0.717) is 19.3 Å². The highest BCUT2D eigenvalue weighted by Gasteiger charge is 2.22. The van der Waals surface area contributed by atoms with Gasteiger partial charge in [-0.25, -0.2) is 4.57 Å². The largest absolute Gasteiger partial charge is 0.469 e. The molecule has 0 bridgehead atoms. The van der Waals surface area contributed by atoms with Crippen LogP contribution in [0, 0.1) is 0 Å². The monoisotopic (exact) mass is 764 g/mol. The quantitative estimate of drug-likeness (QED) is 0.0244. The van der Waals surface area contributed by atoms with Crippen LogP contribution in [0.1, 0.15) is 161 Å². The lowest BCUT2D eigenvalue weighted by Crippen LogP contribution is -2.29. The SMILES string of the molecule is CCCCC/C=C\C/C=C\CCCCCCCCCC(=O)O[C@H](COC(=O)CCC/C=C\C/C=C\C/C=C\C/C=C\CCCCCO)COP(=O)(O)O. The Morgan fingerprint density at radius 2 is 0.943 bits per heavy atom. The fraction of sp³-hybridized carbons (Fsp3) is 0.674. The minimum Gasteiger partial charge on any atom is -0.462 e. The molecule has 0 aromatic heterocycles. The molecule has 0 unspecified atom stereocenters. The molecule has 53 heavy (non-hydrogen) atoms. The van der Waals surface area contributed by atoms with Crippen molar-refractivity contribution in [3.05, 3.63) is 72.9 Å². The van der Waals surface area contributed by atoms with Crippen LogP contribution >= 0.6 is 7.82 Å². The van der Waals surface area contributed by atoms with Gasteiger partial charge in [0.1, 0.15) is 6.61 Å². The number of phosphoric ester groups is 1. The predicted octanol–water partition coefficient (Wildman–Crippen LogP) is 11.3. The van der Waals surface area contributed by atoms with E-state index in [0.717, 1.165) is 77.0 Å². The average Bonchev–Trinajstić information content (AvgIpc) is 3.13. The van der Waals surface area contributed by atoms with Crippen molar-refractivity contribution in [1.29, 1.82) is 0 Å². The lowest BCUT2D eigenvalue weighted by Gasteiger charge is -2.18. The lowest BCUT2D eigenvalue weighted by molar-refractivity contribution is -0.161. The van der Waals surface area contributed by atoms with E-state index in [4.69, 9.17) is 24.4 Å². The average molecular weight is 765 g/mol. The molecule has 10 heteroatoms. The second-order valence-electron chi connectivity index (χ2n) is 13.3. The Hall–Kier alpha value is -2.55. The molecule has 0 radical (unpaired) electrons. The zero-order valence-corrected chi connectivity index (χ0v) is 33.7. The number of phosphoric acid groups is 1. The molecule has 0 heterocycles. The van der Waals surface area contributed by atoms with Crippen LogP contribution in [0.3, 0.4) is 0 Å². The van der Waals surface area contributed by atoms with Crippen molar-refractivity contribution in [3.8, 4) is 0 Å². The van der Waals surface area contributed by atoms with Crippen LogP contribution in [0.25, 0.3) is 0 Å². The first-order valence-corrected chi connectivity index (χ1v) is 21.9. The van der Waals surface area contributed by atoms with E-state index in [1.54, 1.807) is 0 Å². The number of hydrogen-bond acceptors (Lipinski definition) is 7. The Morgan fingerprint density at radius 3 is 1.43 bits per heavy atom. The highest BCUT2D eigenvalue weighted by Crippen LogP contribution is 2.36. The van der Waals surface area contributed by atoms with Gasteiger partial charge in [0.15, 0.2) is 6.10 Å². The highest BCUT2D eigenvalue weighted by atomic mass is 31.2. The Balaban J connectivity index is 4.05. The Kier molecular flexibility index (Phi) is 37.3. The van der Waals surface area contributed by atoms with Crippen LogP contribution in [0.4, 0.5) is 0 Å². The number of carbonyl (C=O) groups is 2. The van der Waals surface area contributed by atoms with Crippen molar-refractivity contribution in [1.82, 2.24) is 0 Å². The van der Waals surface area contributed by atoms with Gasteiger partial charge < -0.3 is 24.4 Å². The molecule has 0 rings (SSSR count). The molecule has 0 aliphatic carbocycles. The molecule has 0 aliphatic heterocycles. The summed E-state index contributed by atoms with van der Waals surface area (Å²) in [5.41, 5.74) is 0.